The SMILES string of the molecule is C=CCn1c(SCC(=O)N(CC)Cc2cccc(F)c2)nc2ccccc2c1=O. The van der Waals surface area contributed by atoms with E-state index in [1.54, 1.807) is 41.3 Å². The van der Waals surface area contributed by atoms with Crippen molar-refractivity contribution in [2.75, 3.05) is 12.3 Å². The molecule has 1 amide bonds. The molecule has 0 bridgehead atoms. The zero-order valence-corrected chi connectivity index (χ0v) is 17.0. The molecule has 150 valence electrons. The molecule has 0 saturated carbocycles. The van der Waals surface area contributed by atoms with E-state index in [-0.39, 0.29) is 23.0 Å². The van der Waals surface area contributed by atoms with Crippen LogP contribution in [-0.4, -0.2) is 32.7 Å². The number of halogens is 1. The minimum atomic E-state index is -0.325. The van der Waals surface area contributed by atoms with Gasteiger partial charge in [-0.15, -0.1) is 6.58 Å². The zero-order valence-electron chi connectivity index (χ0n) is 16.2. The molecule has 0 fully saturated rings. The summed E-state index contributed by atoms with van der Waals surface area (Å²) in [5.74, 6) is -0.297. The van der Waals surface area contributed by atoms with E-state index < -0.39 is 0 Å². The van der Waals surface area contributed by atoms with Gasteiger partial charge in [0.1, 0.15) is 5.82 Å². The molecule has 1 aromatic heterocycles. The largest absolute Gasteiger partial charge is 0.338 e. The van der Waals surface area contributed by atoms with E-state index >= 15 is 0 Å². The third kappa shape index (κ3) is 4.92. The van der Waals surface area contributed by atoms with Gasteiger partial charge in [0.15, 0.2) is 5.16 Å². The van der Waals surface area contributed by atoms with E-state index in [0.29, 0.717) is 35.7 Å². The van der Waals surface area contributed by atoms with E-state index in [1.165, 1.54) is 28.5 Å². The van der Waals surface area contributed by atoms with Crippen molar-refractivity contribution in [3.05, 3.63) is 82.9 Å². The Balaban J connectivity index is 1.79. The maximum absolute atomic E-state index is 13.4. The van der Waals surface area contributed by atoms with E-state index in [4.69, 9.17) is 0 Å². The lowest BCUT2D eigenvalue weighted by atomic mass is 10.2. The fourth-order valence-corrected chi connectivity index (χ4v) is 3.91. The molecule has 7 heteroatoms. The molecule has 3 aromatic rings. The van der Waals surface area contributed by atoms with Crippen LogP contribution in [0.3, 0.4) is 0 Å². The predicted octanol–water partition coefficient (Wildman–Crippen LogP) is 3.86. The molecular formula is C22H22FN3O2S. The minimum absolute atomic E-state index is 0.102. The molecule has 5 nitrogen and oxygen atoms in total. The van der Waals surface area contributed by atoms with Crippen LogP contribution in [0, 0.1) is 5.82 Å². The van der Waals surface area contributed by atoms with Gasteiger partial charge >= 0.3 is 0 Å². The molecule has 0 radical (unpaired) electrons. The molecule has 0 saturated heterocycles. The Kier molecular flexibility index (Phi) is 6.82. The molecule has 0 aliphatic rings. The number of allylic oxidation sites excluding steroid dienone is 1. The van der Waals surface area contributed by atoms with Gasteiger partial charge in [-0.25, -0.2) is 9.37 Å². The molecule has 2 aromatic carbocycles. The van der Waals surface area contributed by atoms with Crippen LogP contribution in [0.5, 0.6) is 0 Å². The highest BCUT2D eigenvalue weighted by molar-refractivity contribution is 7.99. The molecule has 1 heterocycles. The number of benzene rings is 2. The third-order valence-electron chi connectivity index (χ3n) is 4.46. The smallest absolute Gasteiger partial charge is 0.262 e. The predicted molar refractivity (Wildman–Crippen MR) is 114 cm³/mol. The summed E-state index contributed by atoms with van der Waals surface area (Å²) in [5, 5.41) is 1.01. The normalized spacial score (nSPS) is 10.8. The number of thioether (sulfide) groups is 1. The number of rotatable bonds is 8. The molecular weight excluding hydrogens is 389 g/mol. The lowest BCUT2D eigenvalue weighted by molar-refractivity contribution is -0.128. The van der Waals surface area contributed by atoms with Crippen molar-refractivity contribution in [3.63, 3.8) is 0 Å². The second kappa shape index (κ2) is 9.52. The third-order valence-corrected chi connectivity index (χ3v) is 5.42. The number of aromatic nitrogens is 2. The summed E-state index contributed by atoms with van der Waals surface area (Å²) in [6, 6.07) is 13.4. The van der Waals surface area contributed by atoms with Crippen molar-refractivity contribution in [2.24, 2.45) is 0 Å². The standard InChI is InChI=1S/C22H22FN3O2S/c1-3-12-26-21(28)18-10-5-6-11-19(18)24-22(26)29-15-20(27)25(4-2)14-16-8-7-9-17(23)13-16/h3,5-11,13H,1,4,12,14-15H2,2H3. The number of para-hydroxylation sites is 1. The van der Waals surface area contributed by atoms with Gasteiger partial charge in [0.25, 0.3) is 5.56 Å². The second-order valence-corrected chi connectivity index (χ2v) is 7.38. The Labute approximate surface area is 172 Å². The maximum Gasteiger partial charge on any atom is 0.262 e. The number of hydrogen-bond acceptors (Lipinski definition) is 4. The van der Waals surface area contributed by atoms with E-state index in [2.05, 4.69) is 11.6 Å². The highest BCUT2D eigenvalue weighted by atomic mass is 32.2. The van der Waals surface area contributed by atoms with Crippen LogP contribution in [0.25, 0.3) is 10.9 Å². The lowest BCUT2D eigenvalue weighted by Crippen LogP contribution is -2.32. The highest BCUT2D eigenvalue weighted by Gasteiger charge is 2.16. The summed E-state index contributed by atoms with van der Waals surface area (Å²) in [6.07, 6.45) is 1.63. The Morgan fingerprint density at radius 3 is 2.79 bits per heavy atom. The summed E-state index contributed by atoms with van der Waals surface area (Å²) >= 11 is 1.22. The topological polar surface area (TPSA) is 55.2 Å². The number of fused-ring (bicyclic) bond motifs is 1. The molecule has 0 N–H and O–H groups in total. The highest BCUT2D eigenvalue weighted by Crippen LogP contribution is 2.19. The van der Waals surface area contributed by atoms with Gasteiger partial charge in [-0.1, -0.05) is 42.1 Å². The van der Waals surface area contributed by atoms with E-state index in [9.17, 15) is 14.0 Å². The van der Waals surface area contributed by atoms with Crippen molar-refractivity contribution in [1.82, 2.24) is 14.5 Å². The monoisotopic (exact) mass is 411 g/mol. The molecule has 0 unspecified atom stereocenters. The molecule has 29 heavy (non-hydrogen) atoms. The summed E-state index contributed by atoms with van der Waals surface area (Å²) in [5.41, 5.74) is 1.18. The molecule has 0 spiro atoms. The minimum Gasteiger partial charge on any atom is -0.338 e. The van der Waals surface area contributed by atoms with E-state index in [0.717, 1.165) is 5.56 Å². The summed E-state index contributed by atoms with van der Waals surface area (Å²) < 4.78 is 14.9. The van der Waals surface area contributed by atoms with E-state index in [1.807, 2.05) is 13.0 Å². The van der Waals surface area contributed by atoms with Gasteiger partial charge in [0.05, 0.1) is 16.7 Å². The first-order valence-electron chi connectivity index (χ1n) is 9.29. The second-order valence-electron chi connectivity index (χ2n) is 6.44. The number of carbonyl (C=O) groups excluding carboxylic acids is 1. The number of carbonyl (C=O) groups is 1. The Bertz CT molecular complexity index is 1100. The van der Waals surface area contributed by atoms with Crippen molar-refractivity contribution in [1.29, 1.82) is 0 Å². The van der Waals surface area contributed by atoms with Crippen LogP contribution in [0.15, 0.2) is 71.1 Å². The van der Waals surface area contributed by atoms with Gasteiger partial charge in [-0.3, -0.25) is 14.2 Å². The van der Waals surface area contributed by atoms with Crippen LogP contribution in [0.2, 0.25) is 0 Å². The van der Waals surface area contributed by atoms with Crippen LogP contribution in [-0.2, 0) is 17.9 Å². The average Bonchev–Trinajstić information content (AvgIpc) is 2.72. The maximum atomic E-state index is 13.4. The Morgan fingerprint density at radius 1 is 1.28 bits per heavy atom. The van der Waals surface area contributed by atoms with Crippen molar-refractivity contribution in [3.8, 4) is 0 Å². The van der Waals surface area contributed by atoms with Crippen LogP contribution >= 0.6 is 11.8 Å². The summed E-state index contributed by atoms with van der Waals surface area (Å²) in [6.45, 7) is 6.73. The lowest BCUT2D eigenvalue weighted by Gasteiger charge is -2.21. The first-order valence-corrected chi connectivity index (χ1v) is 10.3. The van der Waals surface area contributed by atoms with Gasteiger partial charge in [0, 0.05) is 19.6 Å². The Hall–Kier alpha value is -2.93. The molecule has 3 rings (SSSR count). The van der Waals surface area contributed by atoms with Gasteiger partial charge in [-0.05, 0) is 36.8 Å². The van der Waals surface area contributed by atoms with Crippen LogP contribution < -0.4 is 5.56 Å². The number of hydrogen-bond donors (Lipinski definition) is 0. The summed E-state index contributed by atoms with van der Waals surface area (Å²) in [7, 11) is 0. The molecule has 0 atom stereocenters. The number of nitrogens with zero attached hydrogens (tertiary/aromatic N) is 3. The van der Waals surface area contributed by atoms with Crippen LogP contribution in [0.1, 0.15) is 12.5 Å². The van der Waals surface area contributed by atoms with Crippen molar-refractivity contribution in [2.45, 2.75) is 25.2 Å². The van der Waals surface area contributed by atoms with Gasteiger partial charge in [0.2, 0.25) is 5.91 Å². The molecule has 0 aliphatic carbocycles. The first kappa shape index (κ1) is 20.8. The molecule has 0 aliphatic heterocycles. The zero-order chi connectivity index (χ0) is 20.8. The number of amides is 1. The fraction of sp³-hybridized carbons (Fsp3) is 0.227. The quantitative estimate of drug-likeness (QED) is 0.321. The van der Waals surface area contributed by atoms with Crippen LogP contribution in [0.4, 0.5) is 4.39 Å². The fourth-order valence-electron chi connectivity index (χ4n) is 3.00. The Morgan fingerprint density at radius 2 is 2.07 bits per heavy atom. The van der Waals surface area contributed by atoms with Gasteiger partial charge < -0.3 is 4.90 Å². The summed E-state index contributed by atoms with van der Waals surface area (Å²) in [4.78, 5) is 31.7. The van der Waals surface area contributed by atoms with Gasteiger partial charge in [-0.2, -0.15) is 0 Å². The van der Waals surface area contributed by atoms with Crippen molar-refractivity contribution >= 4 is 28.6 Å². The van der Waals surface area contributed by atoms with Crippen molar-refractivity contribution < 1.29 is 9.18 Å². The average molecular weight is 412 g/mol. The first-order chi connectivity index (χ1) is 14.0.